The van der Waals surface area contributed by atoms with Crippen molar-refractivity contribution in [3.05, 3.63) is 83.7 Å². The van der Waals surface area contributed by atoms with Crippen molar-refractivity contribution in [2.45, 2.75) is 43.6 Å². The van der Waals surface area contributed by atoms with Crippen molar-refractivity contribution >= 4 is 29.4 Å². The largest absolute Gasteiger partial charge is 0.465 e. The van der Waals surface area contributed by atoms with Crippen molar-refractivity contribution in [2.24, 2.45) is 0 Å². The van der Waals surface area contributed by atoms with Crippen molar-refractivity contribution < 1.29 is 28.9 Å². The smallest absolute Gasteiger partial charge is 0.325 e. The summed E-state index contributed by atoms with van der Waals surface area (Å²) in [7, 11) is 0. The third kappa shape index (κ3) is 7.99. The highest BCUT2D eigenvalue weighted by atomic mass is 32.2. The molecule has 2 aromatic carbocycles. The van der Waals surface area contributed by atoms with Gasteiger partial charge in [-0.05, 0) is 36.2 Å². The number of benzene rings is 2. The molecule has 1 saturated heterocycles. The molecule has 2 amide bonds. The van der Waals surface area contributed by atoms with Gasteiger partial charge in [0.1, 0.15) is 6.54 Å². The van der Waals surface area contributed by atoms with E-state index in [9.17, 15) is 14.7 Å². The number of amides is 2. The maximum atomic E-state index is 12.2. The highest BCUT2D eigenvalue weighted by Gasteiger charge is 2.32. The summed E-state index contributed by atoms with van der Waals surface area (Å²) in [5.74, 6) is 0.117. The molecule has 0 aliphatic carbocycles. The molecule has 0 radical (unpaired) electrons. The number of aliphatic hydroxyl groups is 1. The number of aromatic nitrogens is 2. The Labute approximate surface area is 225 Å². The van der Waals surface area contributed by atoms with Crippen molar-refractivity contribution in [1.82, 2.24) is 15.3 Å². The summed E-state index contributed by atoms with van der Waals surface area (Å²) in [6.07, 6.45) is 2.95. The van der Waals surface area contributed by atoms with Crippen molar-refractivity contribution in [3.63, 3.8) is 0 Å². The Morgan fingerprint density at radius 1 is 1.08 bits per heavy atom. The summed E-state index contributed by atoms with van der Waals surface area (Å²) in [6.45, 7) is 1.69. The van der Waals surface area contributed by atoms with Crippen molar-refractivity contribution in [3.8, 4) is 0 Å². The second kappa shape index (κ2) is 13.9. The van der Waals surface area contributed by atoms with Crippen LogP contribution in [-0.2, 0) is 25.6 Å². The minimum atomic E-state index is -0.682. The van der Waals surface area contributed by atoms with Gasteiger partial charge in [-0.2, -0.15) is 0 Å². The molecule has 38 heavy (non-hydrogen) atoms. The Kier molecular flexibility index (Phi) is 10.0. The van der Waals surface area contributed by atoms with E-state index in [4.69, 9.17) is 14.2 Å². The molecule has 3 aromatic rings. The van der Waals surface area contributed by atoms with Gasteiger partial charge in [-0.15, -0.1) is 0 Å². The molecule has 0 unspecified atom stereocenters. The predicted octanol–water partition coefficient (Wildman–Crippen LogP) is 3.99. The predicted molar refractivity (Wildman–Crippen MR) is 141 cm³/mol. The number of anilines is 1. The number of carbonyl (C=O) groups excluding carboxylic acids is 2. The SMILES string of the molecule is CCOC(=O)CNC(=O)Nc1cccc([C@H]2O[C@@H](CSc3ncccn3)C[C@@H](c3ccc(CO)cc3)O2)c1. The summed E-state index contributed by atoms with van der Waals surface area (Å²) in [5.41, 5.74) is 3.06. The molecule has 10 nitrogen and oxygen atoms in total. The van der Waals surface area contributed by atoms with E-state index in [1.54, 1.807) is 43.6 Å². The number of rotatable bonds is 10. The van der Waals surface area contributed by atoms with Gasteiger partial charge in [0.05, 0.1) is 25.4 Å². The third-order valence-corrected chi connectivity index (χ3v) is 6.68. The number of nitrogens with one attached hydrogen (secondary N) is 2. The first kappa shape index (κ1) is 27.5. The van der Waals surface area contributed by atoms with Gasteiger partial charge in [-0.1, -0.05) is 48.2 Å². The summed E-state index contributed by atoms with van der Waals surface area (Å²) in [6, 6.07) is 16.1. The topological polar surface area (TPSA) is 132 Å². The lowest BCUT2D eigenvalue weighted by Crippen LogP contribution is -2.34. The van der Waals surface area contributed by atoms with Gasteiger partial charge in [0.15, 0.2) is 11.4 Å². The Morgan fingerprint density at radius 2 is 1.87 bits per heavy atom. The first-order chi connectivity index (χ1) is 18.5. The Balaban J connectivity index is 1.47. The normalized spacial score (nSPS) is 18.9. The molecule has 0 saturated carbocycles. The molecular formula is C27H30N4O6S. The maximum Gasteiger partial charge on any atom is 0.325 e. The van der Waals surface area contributed by atoms with Crippen molar-refractivity contribution in [2.75, 3.05) is 24.2 Å². The number of carbonyl (C=O) groups is 2. The standard InChI is InChI=1S/C27H30N4O6S/c1-2-35-24(33)15-30-26(34)31-21-6-3-5-20(13-21)25-36-22(17-38-27-28-11-4-12-29-27)14-23(37-25)19-9-7-18(16-32)8-10-19/h3-13,22-23,25,32H,2,14-17H2,1H3,(H2,30,31,34)/t22-,23+,25+/m1/s1. The lowest BCUT2D eigenvalue weighted by molar-refractivity contribution is -0.245. The first-order valence-corrected chi connectivity index (χ1v) is 13.2. The molecule has 4 rings (SSSR count). The van der Waals surface area contributed by atoms with Crippen LogP contribution in [0.2, 0.25) is 0 Å². The minimum absolute atomic E-state index is 0.0267. The van der Waals surface area contributed by atoms with E-state index in [0.29, 0.717) is 23.0 Å². The fraction of sp³-hybridized carbons (Fsp3) is 0.333. The molecule has 2 heterocycles. The van der Waals surface area contributed by atoms with E-state index >= 15 is 0 Å². The second-order valence-electron chi connectivity index (χ2n) is 8.43. The first-order valence-electron chi connectivity index (χ1n) is 12.2. The van der Waals surface area contributed by atoms with Crippen LogP contribution >= 0.6 is 11.8 Å². The molecule has 200 valence electrons. The average molecular weight is 539 g/mol. The molecule has 0 spiro atoms. The van der Waals surface area contributed by atoms with E-state index in [0.717, 1.165) is 16.7 Å². The van der Waals surface area contributed by atoms with Crippen LogP contribution in [0.5, 0.6) is 0 Å². The Bertz CT molecular complexity index is 1200. The van der Waals surface area contributed by atoms with Crippen LogP contribution in [0, 0.1) is 0 Å². The van der Waals surface area contributed by atoms with Crippen LogP contribution in [0.25, 0.3) is 0 Å². The van der Waals surface area contributed by atoms with E-state index in [2.05, 4.69) is 20.6 Å². The van der Waals surface area contributed by atoms with Crippen LogP contribution in [-0.4, -0.2) is 52.1 Å². The molecule has 1 aliphatic rings. The molecule has 1 aromatic heterocycles. The number of aliphatic hydroxyl groups excluding tert-OH is 1. The molecule has 11 heteroatoms. The van der Waals surface area contributed by atoms with Gasteiger partial charge < -0.3 is 30.0 Å². The van der Waals surface area contributed by atoms with Crippen LogP contribution in [0.3, 0.4) is 0 Å². The van der Waals surface area contributed by atoms with Gasteiger partial charge in [0, 0.05) is 35.8 Å². The average Bonchev–Trinajstić information content (AvgIpc) is 2.96. The number of hydrogen-bond acceptors (Lipinski definition) is 9. The lowest BCUT2D eigenvalue weighted by atomic mass is 10.0. The fourth-order valence-electron chi connectivity index (χ4n) is 3.85. The van der Waals surface area contributed by atoms with Crippen LogP contribution in [0.4, 0.5) is 10.5 Å². The molecule has 3 atom stereocenters. The monoisotopic (exact) mass is 538 g/mol. The molecule has 1 aliphatic heterocycles. The number of thioether (sulfide) groups is 1. The summed E-state index contributed by atoms with van der Waals surface area (Å²) < 4.78 is 17.5. The van der Waals surface area contributed by atoms with Crippen LogP contribution in [0.15, 0.2) is 72.1 Å². The van der Waals surface area contributed by atoms with Gasteiger partial charge in [0.2, 0.25) is 0 Å². The number of ether oxygens (including phenoxy) is 3. The number of nitrogens with zero attached hydrogens (tertiary/aromatic N) is 2. The van der Waals surface area contributed by atoms with Gasteiger partial charge in [0.25, 0.3) is 0 Å². The summed E-state index contributed by atoms with van der Waals surface area (Å²) in [5, 5.41) is 15.3. The number of urea groups is 1. The molecular weight excluding hydrogens is 508 g/mol. The molecule has 3 N–H and O–H groups in total. The molecule has 0 bridgehead atoms. The zero-order valence-electron chi connectivity index (χ0n) is 20.9. The number of hydrogen-bond donors (Lipinski definition) is 3. The second-order valence-corrected chi connectivity index (χ2v) is 9.42. The van der Waals surface area contributed by atoms with Crippen LogP contribution in [0.1, 0.15) is 42.4 Å². The lowest BCUT2D eigenvalue weighted by Gasteiger charge is -2.36. The Morgan fingerprint density at radius 3 is 2.61 bits per heavy atom. The van der Waals surface area contributed by atoms with E-state index in [1.807, 2.05) is 30.3 Å². The van der Waals surface area contributed by atoms with E-state index in [-0.39, 0.29) is 32.0 Å². The van der Waals surface area contributed by atoms with Gasteiger partial charge >= 0.3 is 12.0 Å². The zero-order valence-corrected chi connectivity index (χ0v) is 21.7. The summed E-state index contributed by atoms with van der Waals surface area (Å²) in [4.78, 5) is 32.3. The minimum Gasteiger partial charge on any atom is -0.465 e. The highest BCUT2D eigenvalue weighted by molar-refractivity contribution is 7.99. The fourth-order valence-corrected chi connectivity index (χ4v) is 4.67. The third-order valence-electron chi connectivity index (χ3n) is 5.67. The van der Waals surface area contributed by atoms with Gasteiger partial charge in [-0.25, -0.2) is 14.8 Å². The van der Waals surface area contributed by atoms with Crippen LogP contribution < -0.4 is 10.6 Å². The molecule has 1 fully saturated rings. The Hall–Kier alpha value is -3.51. The van der Waals surface area contributed by atoms with Gasteiger partial charge in [-0.3, -0.25) is 4.79 Å². The maximum absolute atomic E-state index is 12.2. The summed E-state index contributed by atoms with van der Waals surface area (Å²) >= 11 is 1.51. The zero-order chi connectivity index (χ0) is 26.7. The van der Waals surface area contributed by atoms with E-state index < -0.39 is 18.3 Å². The highest BCUT2D eigenvalue weighted by Crippen LogP contribution is 2.39. The van der Waals surface area contributed by atoms with Crippen molar-refractivity contribution in [1.29, 1.82) is 0 Å². The quantitative estimate of drug-likeness (QED) is 0.199. The number of esters is 1. The van der Waals surface area contributed by atoms with E-state index in [1.165, 1.54) is 11.8 Å².